The van der Waals surface area contributed by atoms with E-state index in [0.717, 1.165) is 6.54 Å². The molecule has 0 rings (SSSR count). The molecule has 0 aromatic heterocycles. The van der Waals surface area contributed by atoms with Gasteiger partial charge in [-0.15, -0.1) is 0 Å². The molecule has 1 atom stereocenters. The smallest absolute Gasteiger partial charge is 0.00927 e. The summed E-state index contributed by atoms with van der Waals surface area (Å²) in [7, 11) is 0. The van der Waals surface area contributed by atoms with Crippen LogP contribution in [-0.4, -0.2) is 12.6 Å². The number of rotatable bonds is 13. The first-order chi connectivity index (χ1) is 9.42. The van der Waals surface area contributed by atoms with E-state index in [1.165, 1.54) is 64.2 Å². The third kappa shape index (κ3) is 8.97. The fraction of sp³-hybridized carbons (Fsp3) is 1.00. The standard InChI is InChI=1S/C18H40N2/c1-16(2)18(3,4)17(20)14-12-10-8-6-5-7-9-11-13-15-19/h16-17H,5-15,19-20H2,1-4H3. The van der Waals surface area contributed by atoms with E-state index in [1.807, 2.05) is 0 Å². The second-order valence-electron chi connectivity index (χ2n) is 7.34. The number of nitrogens with two attached hydrogens (primary N) is 2. The van der Waals surface area contributed by atoms with Gasteiger partial charge in [0.05, 0.1) is 0 Å². The van der Waals surface area contributed by atoms with Gasteiger partial charge in [-0.3, -0.25) is 0 Å². The molecule has 20 heavy (non-hydrogen) atoms. The second kappa shape index (κ2) is 11.6. The molecule has 0 amide bonds. The molecule has 0 saturated carbocycles. The molecule has 2 nitrogen and oxygen atoms in total. The van der Waals surface area contributed by atoms with Crippen molar-refractivity contribution in [2.24, 2.45) is 22.8 Å². The van der Waals surface area contributed by atoms with Gasteiger partial charge in [0.25, 0.3) is 0 Å². The Kier molecular flexibility index (Phi) is 11.5. The molecule has 2 heteroatoms. The van der Waals surface area contributed by atoms with E-state index in [4.69, 9.17) is 11.5 Å². The monoisotopic (exact) mass is 284 g/mol. The van der Waals surface area contributed by atoms with Crippen LogP contribution in [0.4, 0.5) is 0 Å². The Hall–Kier alpha value is -0.0800. The maximum atomic E-state index is 6.35. The Morgan fingerprint density at radius 3 is 1.55 bits per heavy atom. The molecule has 0 aromatic rings. The molecule has 0 spiro atoms. The van der Waals surface area contributed by atoms with Crippen molar-refractivity contribution in [3.05, 3.63) is 0 Å². The van der Waals surface area contributed by atoms with Gasteiger partial charge in [0.1, 0.15) is 0 Å². The molecule has 0 aliphatic rings. The van der Waals surface area contributed by atoms with Gasteiger partial charge in [-0.1, -0.05) is 79.1 Å². The van der Waals surface area contributed by atoms with E-state index in [-0.39, 0.29) is 5.41 Å². The van der Waals surface area contributed by atoms with Gasteiger partial charge in [0.15, 0.2) is 0 Å². The zero-order valence-electron chi connectivity index (χ0n) is 14.6. The van der Waals surface area contributed by atoms with Gasteiger partial charge in [-0.25, -0.2) is 0 Å². The van der Waals surface area contributed by atoms with Crippen molar-refractivity contribution in [2.45, 2.75) is 97.9 Å². The van der Waals surface area contributed by atoms with E-state index in [2.05, 4.69) is 27.7 Å². The molecule has 0 aliphatic heterocycles. The lowest BCUT2D eigenvalue weighted by atomic mass is 9.73. The number of hydrogen-bond acceptors (Lipinski definition) is 2. The molecule has 0 aliphatic carbocycles. The first kappa shape index (κ1) is 19.9. The van der Waals surface area contributed by atoms with Crippen LogP contribution in [0.1, 0.15) is 91.9 Å². The predicted molar refractivity (Wildman–Crippen MR) is 91.8 cm³/mol. The first-order valence-electron chi connectivity index (χ1n) is 8.88. The highest BCUT2D eigenvalue weighted by Crippen LogP contribution is 2.31. The molecule has 0 radical (unpaired) electrons. The molecule has 122 valence electrons. The Morgan fingerprint density at radius 1 is 0.750 bits per heavy atom. The van der Waals surface area contributed by atoms with Crippen molar-refractivity contribution < 1.29 is 0 Å². The second-order valence-corrected chi connectivity index (χ2v) is 7.34. The van der Waals surface area contributed by atoms with Crippen LogP contribution in [0, 0.1) is 11.3 Å². The van der Waals surface area contributed by atoms with Gasteiger partial charge in [0.2, 0.25) is 0 Å². The zero-order chi connectivity index (χ0) is 15.4. The minimum atomic E-state index is 0.267. The molecule has 0 heterocycles. The Morgan fingerprint density at radius 2 is 1.15 bits per heavy atom. The summed E-state index contributed by atoms with van der Waals surface area (Å²) in [4.78, 5) is 0. The number of unbranched alkanes of at least 4 members (excludes halogenated alkanes) is 8. The summed E-state index contributed by atoms with van der Waals surface area (Å²) >= 11 is 0. The van der Waals surface area contributed by atoms with Crippen molar-refractivity contribution >= 4 is 0 Å². The van der Waals surface area contributed by atoms with Crippen LogP contribution in [0.25, 0.3) is 0 Å². The summed E-state index contributed by atoms with van der Waals surface area (Å²) in [6.07, 6.45) is 13.3. The molecule has 0 aromatic carbocycles. The van der Waals surface area contributed by atoms with Crippen molar-refractivity contribution in [2.75, 3.05) is 6.54 Å². The molecular weight excluding hydrogens is 244 g/mol. The van der Waals surface area contributed by atoms with Gasteiger partial charge in [-0.05, 0) is 30.7 Å². The van der Waals surface area contributed by atoms with Crippen LogP contribution in [0.15, 0.2) is 0 Å². The van der Waals surface area contributed by atoms with Gasteiger partial charge >= 0.3 is 0 Å². The molecule has 4 N–H and O–H groups in total. The van der Waals surface area contributed by atoms with Crippen LogP contribution in [0.3, 0.4) is 0 Å². The van der Waals surface area contributed by atoms with Gasteiger partial charge in [0, 0.05) is 6.04 Å². The summed E-state index contributed by atoms with van der Waals surface area (Å²) in [6.45, 7) is 10.0. The zero-order valence-corrected chi connectivity index (χ0v) is 14.6. The van der Waals surface area contributed by atoms with E-state index in [0.29, 0.717) is 12.0 Å². The van der Waals surface area contributed by atoms with E-state index in [1.54, 1.807) is 0 Å². The summed E-state index contributed by atoms with van der Waals surface area (Å²) < 4.78 is 0. The number of hydrogen-bond donors (Lipinski definition) is 2. The van der Waals surface area contributed by atoms with Crippen LogP contribution >= 0.6 is 0 Å². The summed E-state index contributed by atoms with van der Waals surface area (Å²) in [5.41, 5.74) is 12.1. The lowest BCUT2D eigenvalue weighted by Crippen LogP contribution is -2.40. The lowest BCUT2D eigenvalue weighted by Gasteiger charge is -2.35. The lowest BCUT2D eigenvalue weighted by molar-refractivity contribution is 0.184. The third-order valence-corrected chi connectivity index (χ3v) is 5.16. The molecular formula is C18H40N2. The minimum absolute atomic E-state index is 0.267. The van der Waals surface area contributed by atoms with Crippen LogP contribution in [-0.2, 0) is 0 Å². The summed E-state index contributed by atoms with van der Waals surface area (Å²) in [6, 6.07) is 0.346. The SMILES string of the molecule is CC(C)C(C)(C)C(N)CCCCCCCCCCCN. The van der Waals surface area contributed by atoms with Crippen LogP contribution in [0.5, 0.6) is 0 Å². The van der Waals surface area contributed by atoms with Crippen LogP contribution < -0.4 is 11.5 Å². The van der Waals surface area contributed by atoms with E-state index >= 15 is 0 Å². The average molecular weight is 285 g/mol. The fourth-order valence-corrected chi connectivity index (χ4v) is 2.55. The fourth-order valence-electron chi connectivity index (χ4n) is 2.55. The Balaban J connectivity index is 3.40. The van der Waals surface area contributed by atoms with Crippen molar-refractivity contribution in [3.63, 3.8) is 0 Å². The Labute approximate surface area is 128 Å². The topological polar surface area (TPSA) is 52.0 Å². The van der Waals surface area contributed by atoms with E-state index < -0.39 is 0 Å². The minimum Gasteiger partial charge on any atom is -0.330 e. The first-order valence-corrected chi connectivity index (χ1v) is 8.88. The van der Waals surface area contributed by atoms with Crippen LogP contribution in [0.2, 0.25) is 0 Å². The highest BCUT2D eigenvalue weighted by Gasteiger charge is 2.29. The van der Waals surface area contributed by atoms with Crippen molar-refractivity contribution in [1.29, 1.82) is 0 Å². The third-order valence-electron chi connectivity index (χ3n) is 5.16. The summed E-state index contributed by atoms with van der Waals surface area (Å²) in [5, 5.41) is 0. The summed E-state index contributed by atoms with van der Waals surface area (Å²) in [5.74, 6) is 0.658. The largest absolute Gasteiger partial charge is 0.330 e. The average Bonchev–Trinajstić information content (AvgIpc) is 2.40. The quantitative estimate of drug-likeness (QED) is 0.475. The highest BCUT2D eigenvalue weighted by molar-refractivity contribution is 4.83. The van der Waals surface area contributed by atoms with E-state index in [9.17, 15) is 0 Å². The molecule has 0 saturated heterocycles. The molecule has 0 fully saturated rings. The maximum absolute atomic E-state index is 6.35. The Bertz CT molecular complexity index is 211. The highest BCUT2D eigenvalue weighted by atomic mass is 14.7. The van der Waals surface area contributed by atoms with Crippen molar-refractivity contribution in [3.8, 4) is 0 Å². The molecule has 1 unspecified atom stereocenters. The molecule has 0 bridgehead atoms. The van der Waals surface area contributed by atoms with Gasteiger partial charge < -0.3 is 11.5 Å². The normalized spacial score (nSPS) is 13.9. The maximum Gasteiger partial charge on any atom is 0.00927 e. The van der Waals surface area contributed by atoms with Crippen molar-refractivity contribution in [1.82, 2.24) is 0 Å². The predicted octanol–water partition coefficient (Wildman–Crippen LogP) is 4.86. The van der Waals surface area contributed by atoms with Gasteiger partial charge in [-0.2, -0.15) is 0 Å².